The first-order chi connectivity index (χ1) is 22.3. The Bertz CT molecular complexity index is 601. The van der Waals surface area contributed by atoms with Crippen molar-refractivity contribution in [1.82, 2.24) is 0 Å². The summed E-state index contributed by atoms with van der Waals surface area (Å²) in [6, 6.07) is 2.57. The molecule has 0 amide bonds. The van der Waals surface area contributed by atoms with Crippen molar-refractivity contribution in [3.63, 3.8) is 0 Å². The van der Waals surface area contributed by atoms with Gasteiger partial charge in [-0.05, 0) is 38.2 Å². The molecule has 1 aromatic heterocycles. The van der Waals surface area contributed by atoms with Gasteiger partial charge in [0.1, 0.15) is 6.54 Å². The van der Waals surface area contributed by atoms with Gasteiger partial charge in [0.2, 0.25) is 0 Å². The maximum atomic E-state index is 2.58. The highest BCUT2D eigenvalue weighted by Gasteiger charge is 2.09. The van der Waals surface area contributed by atoms with E-state index >= 15 is 0 Å². The third kappa shape index (κ3) is 29.1. The quantitative estimate of drug-likeness (QED) is 0.0515. The molecule has 0 saturated heterocycles. The van der Waals surface area contributed by atoms with Crippen LogP contribution in [0.5, 0.6) is 0 Å². The number of unbranched alkanes of at least 4 members (excludes halogenated alkanes) is 30. The molecule has 264 valence electrons. The first kappa shape index (κ1) is 42.2. The predicted molar refractivity (Wildman–Crippen MR) is 203 cm³/mol. The van der Waals surface area contributed by atoms with Crippen LogP contribution in [-0.4, -0.2) is 0 Å². The minimum absolute atomic E-state index is 1.22. The smallest absolute Gasteiger partial charge is 0.171 e. The van der Waals surface area contributed by atoms with Gasteiger partial charge >= 0.3 is 0 Å². The SMILES string of the molecule is CCCCCCCCCCCCCc1cc(CCCCCCCCCCCCC)c[n+](CCCCCCCCCCCCC)c1. The summed E-state index contributed by atoms with van der Waals surface area (Å²) in [5.41, 5.74) is 3.21. The van der Waals surface area contributed by atoms with Crippen molar-refractivity contribution in [2.24, 2.45) is 0 Å². The Morgan fingerprint density at radius 2 is 0.556 bits per heavy atom. The number of hydrogen-bond acceptors (Lipinski definition) is 0. The van der Waals surface area contributed by atoms with Crippen molar-refractivity contribution in [2.45, 2.75) is 252 Å². The number of pyridine rings is 1. The van der Waals surface area contributed by atoms with E-state index in [1.165, 1.54) is 231 Å². The summed E-state index contributed by atoms with van der Waals surface area (Å²) in [4.78, 5) is 0. The fraction of sp³-hybridized carbons (Fsp3) is 0.886. The molecule has 0 N–H and O–H groups in total. The number of nitrogens with zero attached hydrogens (tertiary/aromatic N) is 1. The van der Waals surface area contributed by atoms with Crippen LogP contribution in [0.4, 0.5) is 0 Å². The van der Waals surface area contributed by atoms with Gasteiger partial charge in [-0.25, -0.2) is 4.57 Å². The van der Waals surface area contributed by atoms with E-state index in [4.69, 9.17) is 0 Å². The van der Waals surface area contributed by atoms with Crippen LogP contribution in [0.25, 0.3) is 0 Å². The second-order valence-electron chi connectivity index (χ2n) is 14.9. The van der Waals surface area contributed by atoms with E-state index in [-0.39, 0.29) is 0 Å². The van der Waals surface area contributed by atoms with E-state index in [9.17, 15) is 0 Å². The lowest BCUT2D eigenvalue weighted by Gasteiger charge is -2.07. The molecule has 0 aliphatic heterocycles. The molecule has 0 atom stereocenters. The van der Waals surface area contributed by atoms with Crippen LogP contribution < -0.4 is 4.57 Å². The zero-order valence-corrected chi connectivity index (χ0v) is 31.6. The molecule has 1 heterocycles. The molecule has 0 aromatic carbocycles. The highest BCUT2D eigenvalue weighted by molar-refractivity contribution is 5.15. The number of hydrogen-bond donors (Lipinski definition) is 0. The van der Waals surface area contributed by atoms with Gasteiger partial charge in [-0.2, -0.15) is 0 Å². The van der Waals surface area contributed by atoms with E-state index in [1.807, 2.05) is 0 Å². The first-order valence-corrected chi connectivity index (χ1v) is 21.3. The highest BCUT2D eigenvalue weighted by atomic mass is 14.9. The summed E-state index contributed by atoms with van der Waals surface area (Å²) in [6.45, 7) is 8.16. The molecule has 0 spiro atoms. The lowest BCUT2D eigenvalue weighted by Crippen LogP contribution is -2.34. The summed E-state index contributed by atoms with van der Waals surface area (Å²) in [7, 11) is 0. The van der Waals surface area contributed by atoms with Crippen molar-refractivity contribution < 1.29 is 4.57 Å². The van der Waals surface area contributed by atoms with Crippen LogP contribution in [0, 0.1) is 0 Å². The van der Waals surface area contributed by atoms with Crippen molar-refractivity contribution in [2.75, 3.05) is 0 Å². The van der Waals surface area contributed by atoms with Crippen molar-refractivity contribution >= 4 is 0 Å². The Hall–Kier alpha value is -0.850. The van der Waals surface area contributed by atoms with E-state index in [0.29, 0.717) is 0 Å². The average Bonchev–Trinajstić information content (AvgIpc) is 3.05. The van der Waals surface area contributed by atoms with Crippen LogP contribution in [0.15, 0.2) is 18.5 Å². The Kier molecular flexibility index (Phi) is 32.3. The average molecular weight is 627 g/mol. The normalized spacial score (nSPS) is 11.5. The van der Waals surface area contributed by atoms with Gasteiger partial charge in [-0.1, -0.05) is 207 Å². The van der Waals surface area contributed by atoms with Gasteiger partial charge in [-0.3, -0.25) is 0 Å². The van der Waals surface area contributed by atoms with Crippen molar-refractivity contribution in [1.29, 1.82) is 0 Å². The van der Waals surface area contributed by atoms with Crippen LogP contribution in [0.2, 0.25) is 0 Å². The van der Waals surface area contributed by atoms with Gasteiger partial charge in [0, 0.05) is 17.5 Å². The standard InChI is InChI=1S/C44H84N/c1-4-7-10-13-16-19-22-25-28-31-34-37-43-40-44(38-35-32-29-26-23-20-17-14-11-8-5-2)42-45(41-43)39-36-33-30-27-24-21-18-15-12-9-6-3/h40-42H,4-39H2,1-3H3/q+1. The Morgan fingerprint density at radius 3 is 0.844 bits per heavy atom. The Morgan fingerprint density at radius 1 is 0.311 bits per heavy atom. The first-order valence-electron chi connectivity index (χ1n) is 21.3. The summed E-state index contributed by atoms with van der Waals surface area (Å²) >= 11 is 0. The molecule has 1 aromatic rings. The maximum absolute atomic E-state index is 2.58. The van der Waals surface area contributed by atoms with Gasteiger partial charge in [-0.15, -0.1) is 0 Å². The molecular weight excluding hydrogens is 542 g/mol. The van der Waals surface area contributed by atoms with E-state index < -0.39 is 0 Å². The lowest BCUT2D eigenvalue weighted by molar-refractivity contribution is -0.698. The Balaban J connectivity index is 2.33. The molecule has 1 heteroatoms. The van der Waals surface area contributed by atoms with E-state index in [0.717, 1.165) is 0 Å². The second-order valence-corrected chi connectivity index (χ2v) is 14.9. The van der Waals surface area contributed by atoms with Gasteiger partial charge in [0.05, 0.1) is 0 Å². The fourth-order valence-corrected chi connectivity index (χ4v) is 7.12. The number of rotatable bonds is 36. The molecule has 0 unspecified atom stereocenters. The number of aryl methyl sites for hydroxylation is 3. The molecule has 0 bridgehead atoms. The minimum Gasteiger partial charge on any atom is -0.205 e. The van der Waals surface area contributed by atoms with Gasteiger partial charge < -0.3 is 0 Å². The zero-order chi connectivity index (χ0) is 32.3. The van der Waals surface area contributed by atoms with Gasteiger partial charge in [0.15, 0.2) is 12.4 Å². The molecular formula is C44H84N+. The molecule has 45 heavy (non-hydrogen) atoms. The maximum Gasteiger partial charge on any atom is 0.171 e. The largest absolute Gasteiger partial charge is 0.205 e. The van der Waals surface area contributed by atoms with E-state index in [1.54, 1.807) is 11.1 Å². The monoisotopic (exact) mass is 627 g/mol. The molecule has 0 fully saturated rings. The predicted octanol–water partition coefficient (Wildman–Crippen LogP) is 15.0. The van der Waals surface area contributed by atoms with Crippen LogP contribution in [0.1, 0.15) is 244 Å². The van der Waals surface area contributed by atoms with Crippen molar-refractivity contribution in [3.8, 4) is 0 Å². The molecule has 0 aliphatic carbocycles. The summed E-state index contributed by atoms with van der Waals surface area (Å²) in [5.74, 6) is 0. The van der Waals surface area contributed by atoms with Crippen LogP contribution >= 0.6 is 0 Å². The fourth-order valence-electron chi connectivity index (χ4n) is 7.12. The molecule has 1 rings (SSSR count). The van der Waals surface area contributed by atoms with Crippen LogP contribution in [-0.2, 0) is 19.4 Å². The zero-order valence-electron chi connectivity index (χ0n) is 31.6. The summed E-state index contributed by atoms with van der Waals surface area (Å²) in [5, 5.41) is 0. The second kappa shape index (κ2) is 34.5. The minimum atomic E-state index is 1.22. The molecule has 0 saturated carbocycles. The summed E-state index contributed by atoms with van der Waals surface area (Å²) < 4.78 is 2.58. The molecule has 0 radical (unpaired) electrons. The van der Waals surface area contributed by atoms with Gasteiger partial charge in [0.25, 0.3) is 0 Å². The molecule has 0 aliphatic rings. The van der Waals surface area contributed by atoms with Crippen molar-refractivity contribution in [3.05, 3.63) is 29.6 Å². The highest BCUT2D eigenvalue weighted by Crippen LogP contribution is 2.16. The summed E-state index contributed by atoms with van der Waals surface area (Å²) in [6.07, 6.45) is 54.8. The third-order valence-electron chi connectivity index (χ3n) is 10.2. The Labute approximate surface area is 285 Å². The van der Waals surface area contributed by atoms with E-state index in [2.05, 4.69) is 43.8 Å². The topological polar surface area (TPSA) is 3.88 Å². The van der Waals surface area contributed by atoms with Crippen LogP contribution in [0.3, 0.4) is 0 Å². The molecule has 1 nitrogen and oxygen atoms in total. The lowest BCUT2D eigenvalue weighted by atomic mass is 10.0. The third-order valence-corrected chi connectivity index (χ3v) is 10.2. The number of aromatic nitrogens is 1.